The van der Waals surface area contributed by atoms with Gasteiger partial charge in [0.15, 0.2) is 5.54 Å². The molecular weight excluding hydrogens is 306 g/mol. The predicted molar refractivity (Wildman–Crippen MR) is 90.9 cm³/mol. The van der Waals surface area contributed by atoms with Crippen molar-refractivity contribution in [2.75, 3.05) is 13.1 Å². The Kier molecular flexibility index (Phi) is 3.04. The van der Waals surface area contributed by atoms with E-state index in [1.807, 2.05) is 39.0 Å². The van der Waals surface area contributed by atoms with Gasteiger partial charge in [0.1, 0.15) is 5.60 Å². The number of hydrogen-bond donors (Lipinski definition) is 2. The molecule has 1 aromatic carbocycles. The second kappa shape index (κ2) is 4.72. The smallest absolute Gasteiger partial charge is 0.334 e. The van der Waals surface area contributed by atoms with Crippen LogP contribution >= 0.6 is 0 Å². The van der Waals surface area contributed by atoms with Crippen molar-refractivity contribution in [3.63, 3.8) is 0 Å². The number of rotatable bonds is 2. The minimum atomic E-state index is -0.925. The molecule has 2 fully saturated rings. The van der Waals surface area contributed by atoms with Gasteiger partial charge in [-0.25, -0.2) is 9.48 Å². The molecule has 0 atom stereocenters. The maximum atomic E-state index is 13.0. The Morgan fingerprint density at radius 1 is 1.21 bits per heavy atom. The number of ether oxygens (including phenoxy) is 1. The van der Waals surface area contributed by atoms with E-state index in [9.17, 15) is 9.59 Å². The van der Waals surface area contributed by atoms with Crippen LogP contribution in [0.3, 0.4) is 0 Å². The van der Waals surface area contributed by atoms with Gasteiger partial charge in [-0.05, 0) is 45.7 Å². The fraction of sp³-hybridized carbons (Fsp3) is 0.556. The summed E-state index contributed by atoms with van der Waals surface area (Å²) >= 11 is 0. The van der Waals surface area contributed by atoms with Crippen LogP contribution in [-0.2, 0) is 15.1 Å². The Labute approximate surface area is 140 Å². The normalized spacial score (nSPS) is 21.3. The van der Waals surface area contributed by atoms with Gasteiger partial charge in [-0.3, -0.25) is 9.89 Å². The molecule has 1 spiro atoms. The molecule has 2 N–H and O–H groups in total. The van der Waals surface area contributed by atoms with Crippen molar-refractivity contribution in [2.24, 2.45) is 5.41 Å². The number of nitrogens with zero attached hydrogens (tertiary/aromatic N) is 1. The molecule has 2 heterocycles. The highest BCUT2D eigenvalue weighted by Gasteiger charge is 2.64. The second-order valence-corrected chi connectivity index (χ2v) is 8.29. The molecule has 1 aliphatic carbocycles. The highest BCUT2D eigenvalue weighted by Crippen LogP contribution is 2.55. The average molecular weight is 329 g/mol. The number of carbonyl (C=O) groups is 1. The third-order valence-corrected chi connectivity index (χ3v) is 5.13. The predicted octanol–water partition coefficient (Wildman–Crippen LogP) is 1.75. The van der Waals surface area contributed by atoms with Crippen LogP contribution in [0.4, 0.5) is 0 Å². The molecule has 1 saturated carbocycles. The molecule has 24 heavy (non-hydrogen) atoms. The molecular formula is C18H23N3O3. The lowest BCUT2D eigenvalue weighted by Gasteiger charge is -2.59. The van der Waals surface area contributed by atoms with Crippen LogP contribution in [0.15, 0.2) is 29.1 Å². The highest BCUT2D eigenvalue weighted by atomic mass is 16.6. The zero-order valence-corrected chi connectivity index (χ0v) is 14.3. The van der Waals surface area contributed by atoms with Crippen LogP contribution in [0.2, 0.25) is 0 Å². The van der Waals surface area contributed by atoms with Crippen molar-refractivity contribution < 1.29 is 9.53 Å². The number of hydrogen-bond acceptors (Lipinski definition) is 4. The molecule has 6 heteroatoms. The van der Waals surface area contributed by atoms with Gasteiger partial charge in [0, 0.05) is 18.5 Å². The minimum Gasteiger partial charge on any atom is -0.458 e. The summed E-state index contributed by atoms with van der Waals surface area (Å²) in [5.74, 6) is -0.318. The SMILES string of the molecule is CC(C)(C)OC(=O)C1(n2[nH]c3ccccc3c2=O)CC2(CNC2)C1. The summed E-state index contributed by atoms with van der Waals surface area (Å²) < 4.78 is 7.18. The monoisotopic (exact) mass is 329 g/mol. The van der Waals surface area contributed by atoms with E-state index in [-0.39, 0.29) is 16.9 Å². The van der Waals surface area contributed by atoms with Crippen molar-refractivity contribution in [3.05, 3.63) is 34.6 Å². The molecule has 0 amide bonds. The molecule has 128 valence electrons. The third-order valence-electron chi connectivity index (χ3n) is 5.13. The Balaban J connectivity index is 1.79. The summed E-state index contributed by atoms with van der Waals surface area (Å²) in [7, 11) is 0. The summed E-state index contributed by atoms with van der Waals surface area (Å²) in [6.07, 6.45) is 1.27. The minimum absolute atomic E-state index is 0.119. The molecule has 1 aromatic heterocycles. The standard InChI is InChI=1S/C18H23N3O3/c1-16(2,3)24-15(23)18(8-17(9-18)10-19-11-17)21-14(22)12-6-4-5-7-13(12)20-21/h4-7,19-20H,8-11H2,1-3H3. The summed E-state index contributed by atoms with van der Waals surface area (Å²) in [4.78, 5) is 25.9. The first-order chi connectivity index (χ1) is 11.2. The van der Waals surface area contributed by atoms with Crippen LogP contribution in [0.25, 0.3) is 10.9 Å². The zero-order valence-electron chi connectivity index (χ0n) is 14.3. The van der Waals surface area contributed by atoms with Gasteiger partial charge in [-0.15, -0.1) is 0 Å². The molecule has 2 aromatic rings. The number of para-hydroxylation sites is 1. The van der Waals surface area contributed by atoms with E-state index in [0.717, 1.165) is 18.6 Å². The number of H-pyrrole nitrogens is 1. The van der Waals surface area contributed by atoms with Gasteiger partial charge < -0.3 is 10.1 Å². The fourth-order valence-corrected chi connectivity index (χ4v) is 4.04. The first-order valence-electron chi connectivity index (χ1n) is 8.39. The van der Waals surface area contributed by atoms with E-state index in [1.54, 1.807) is 6.07 Å². The lowest BCUT2D eigenvalue weighted by Crippen LogP contribution is -2.71. The Bertz CT molecular complexity index is 859. The van der Waals surface area contributed by atoms with Crippen LogP contribution < -0.4 is 10.9 Å². The quantitative estimate of drug-likeness (QED) is 0.823. The lowest BCUT2D eigenvalue weighted by molar-refractivity contribution is -0.186. The van der Waals surface area contributed by atoms with Crippen molar-refractivity contribution in [3.8, 4) is 0 Å². The van der Waals surface area contributed by atoms with E-state index in [0.29, 0.717) is 18.2 Å². The Morgan fingerprint density at radius 3 is 2.42 bits per heavy atom. The van der Waals surface area contributed by atoms with E-state index >= 15 is 0 Å². The van der Waals surface area contributed by atoms with Gasteiger partial charge in [0.05, 0.1) is 10.9 Å². The molecule has 0 bridgehead atoms. The lowest BCUT2D eigenvalue weighted by atomic mass is 9.54. The Morgan fingerprint density at radius 2 is 1.88 bits per heavy atom. The van der Waals surface area contributed by atoms with E-state index in [2.05, 4.69) is 10.4 Å². The first-order valence-corrected chi connectivity index (χ1v) is 8.39. The topological polar surface area (TPSA) is 76.1 Å². The first kappa shape index (κ1) is 15.4. The maximum Gasteiger partial charge on any atom is 0.334 e. The summed E-state index contributed by atoms with van der Waals surface area (Å²) in [5.41, 5.74) is -0.795. The van der Waals surface area contributed by atoms with E-state index in [1.165, 1.54) is 4.68 Å². The summed E-state index contributed by atoms with van der Waals surface area (Å²) in [6, 6.07) is 7.35. The molecule has 2 aliphatic rings. The van der Waals surface area contributed by atoms with Gasteiger partial charge in [-0.2, -0.15) is 0 Å². The number of nitrogens with one attached hydrogen (secondary N) is 2. The largest absolute Gasteiger partial charge is 0.458 e. The maximum absolute atomic E-state index is 13.0. The fourth-order valence-electron chi connectivity index (χ4n) is 4.04. The van der Waals surface area contributed by atoms with Crippen LogP contribution in [-0.4, -0.2) is 34.4 Å². The molecule has 0 radical (unpaired) electrons. The highest BCUT2D eigenvalue weighted by molar-refractivity contribution is 5.83. The third kappa shape index (κ3) is 2.13. The van der Waals surface area contributed by atoms with Gasteiger partial charge in [0.25, 0.3) is 5.56 Å². The van der Waals surface area contributed by atoms with Gasteiger partial charge in [-0.1, -0.05) is 12.1 Å². The number of aromatic nitrogens is 2. The number of aromatic amines is 1. The average Bonchev–Trinajstić information content (AvgIpc) is 2.73. The van der Waals surface area contributed by atoms with E-state index in [4.69, 9.17) is 4.74 Å². The second-order valence-electron chi connectivity index (χ2n) is 8.29. The molecule has 0 unspecified atom stereocenters. The van der Waals surface area contributed by atoms with Crippen LogP contribution in [0.1, 0.15) is 33.6 Å². The zero-order chi connectivity index (χ0) is 17.2. The van der Waals surface area contributed by atoms with Crippen LogP contribution in [0.5, 0.6) is 0 Å². The van der Waals surface area contributed by atoms with E-state index < -0.39 is 11.1 Å². The number of benzene rings is 1. The number of fused-ring (bicyclic) bond motifs is 1. The van der Waals surface area contributed by atoms with Gasteiger partial charge in [0.2, 0.25) is 0 Å². The number of esters is 1. The molecule has 4 rings (SSSR count). The van der Waals surface area contributed by atoms with Crippen molar-refractivity contribution >= 4 is 16.9 Å². The van der Waals surface area contributed by atoms with Crippen LogP contribution in [0, 0.1) is 5.41 Å². The molecule has 1 saturated heterocycles. The number of carbonyl (C=O) groups excluding carboxylic acids is 1. The van der Waals surface area contributed by atoms with Crippen molar-refractivity contribution in [1.82, 2.24) is 15.1 Å². The molecule has 1 aliphatic heterocycles. The van der Waals surface area contributed by atoms with Crippen molar-refractivity contribution in [1.29, 1.82) is 0 Å². The van der Waals surface area contributed by atoms with Crippen molar-refractivity contribution in [2.45, 2.75) is 44.8 Å². The van der Waals surface area contributed by atoms with Gasteiger partial charge >= 0.3 is 5.97 Å². The summed E-state index contributed by atoms with van der Waals surface area (Å²) in [5, 5.41) is 7.02. The summed E-state index contributed by atoms with van der Waals surface area (Å²) in [6.45, 7) is 7.35. The Hall–Kier alpha value is -2.08. The molecule has 6 nitrogen and oxygen atoms in total.